The van der Waals surface area contributed by atoms with Crippen LogP contribution in [0, 0.1) is 5.41 Å². The van der Waals surface area contributed by atoms with Crippen molar-refractivity contribution in [3.63, 3.8) is 0 Å². The molecule has 1 fully saturated rings. The summed E-state index contributed by atoms with van der Waals surface area (Å²) in [6.45, 7) is 2.30. The molecule has 1 aliphatic carbocycles. The molecule has 1 aliphatic rings. The lowest BCUT2D eigenvalue weighted by atomic mass is 9.72. The first-order chi connectivity index (χ1) is 8.56. The van der Waals surface area contributed by atoms with E-state index in [1.807, 2.05) is 6.92 Å². The highest BCUT2D eigenvalue weighted by molar-refractivity contribution is 6.06. The Bertz CT molecular complexity index is 312. The molecule has 0 bridgehead atoms. The fourth-order valence-electron chi connectivity index (χ4n) is 2.34. The average molecular weight is 257 g/mol. The number of nitrogens with zero attached hydrogens (tertiary/aromatic N) is 1. The summed E-state index contributed by atoms with van der Waals surface area (Å²) in [7, 11) is 1.59. The van der Waals surface area contributed by atoms with Gasteiger partial charge in [0.1, 0.15) is 5.41 Å². The number of carbonyl (C=O) groups is 1. The molecule has 18 heavy (non-hydrogen) atoms. The van der Waals surface area contributed by atoms with Gasteiger partial charge < -0.3 is 21.0 Å². The zero-order valence-electron chi connectivity index (χ0n) is 11.1. The van der Waals surface area contributed by atoms with Crippen LogP contribution in [-0.2, 0) is 9.53 Å². The molecule has 104 valence electrons. The van der Waals surface area contributed by atoms with Crippen molar-refractivity contribution >= 4 is 11.7 Å². The minimum Gasteiger partial charge on any atom is -0.409 e. The number of hydrogen-bond donors (Lipinski definition) is 3. The third-order valence-electron chi connectivity index (χ3n) is 3.69. The number of carbonyl (C=O) groups excluding carboxylic acids is 1. The van der Waals surface area contributed by atoms with Crippen molar-refractivity contribution < 1.29 is 14.7 Å². The molecule has 4 N–H and O–H groups in total. The summed E-state index contributed by atoms with van der Waals surface area (Å²) in [4.78, 5) is 12.3. The minimum absolute atomic E-state index is 0.0183. The van der Waals surface area contributed by atoms with Crippen LogP contribution in [0.15, 0.2) is 5.16 Å². The Labute approximate surface area is 108 Å². The summed E-state index contributed by atoms with van der Waals surface area (Å²) in [6.07, 6.45) is 4.14. The molecule has 1 saturated carbocycles. The zero-order valence-corrected chi connectivity index (χ0v) is 11.1. The zero-order chi connectivity index (χ0) is 13.6. The molecule has 0 saturated heterocycles. The molecule has 1 amide bonds. The van der Waals surface area contributed by atoms with Gasteiger partial charge in [0.25, 0.3) is 0 Å². The Kier molecular flexibility index (Phi) is 5.40. The van der Waals surface area contributed by atoms with Gasteiger partial charge in [0, 0.05) is 13.7 Å². The monoisotopic (exact) mass is 257 g/mol. The Hall–Kier alpha value is -1.30. The molecule has 1 atom stereocenters. The average Bonchev–Trinajstić information content (AvgIpc) is 2.43. The first kappa shape index (κ1) is 14.8. The number of nitrogens with two attached hydrogens (primary N) is 1. The molecule has 6 heteroatoms. The molecular formula is C12H23N3O3. The fraction of sp³-hybridized carbons (Fsp3) is 0.833. The molecule has 0 aromatic carbocycles. The number of oxime groups is 1. The maximum atomic E-state index is 12.3. The third-order valence-corrected chi connectivity index (χ3v) is 3.69. The Morgan fingerprint density at radius 1 is 1.50 bits per heavy atom. The highest BCUT2D eigenvalue weighted by atomic mass is 16.5. The number of amides is 1. The number of nitrogens with one attached hydrogen (secondary N) is 1. The summed E-state index contributed by atoms with van der Waals surface area (Å²) < 4.78 is 5.08. The Morgan fingerprint density at radius 3 is 2.61 bits per heavy atom. The van der Waals surface area contributed by atoms with Gasteiger partial charge >= 0.3 is 0 Å². The molecular weight excluding hydrogens is 234 g/mol. The second kappa shape index (κ2) is 6.58. The van der Waals surface area contributed by atoms with E-state index >= 15 is 0 Å². The number of methoxy groups -OCH3 is 1. The molecule has 0 aliphatic heterocycles. The largest absolute Gasteiger partial charge is 0.409 e. The first-order valence-electron chi connectivity index (χ1n) is 6.36. The van der Waals surface area contributed by atoms with Crippen molar-refractivity contribution in [1.29, 1.82) is 0 Å². The van der Waals surface area contributed by atoms with Crippen LogP contribution in [-0.4, -0.2) is 36.7 Å². The molecule has 1 unspecified atom stereocenters. The van der Waals surface area contributed by atoms with Gasteiger partial charge in [-0.2, -0.15) is 0 Å². The third kappa shape index (κ3) is 3.13. The van der Waals surface area contributed by atoms with E-state index in [-0.39, 0.29) is 17.8 Å². The standard InChI is InChI=1S/C12H23N3O3/c1-9(18-2)8-14-11(16)12(10(13)15-17)6-4-3-5-7-12/h9,17H,3-8H2,1-2H3,(H2,13,15)(H,14,16). The van der Waals surface area contributed by atoms with E-state index in [4.69, 9.17) is 15.7 Å². The van der Waals surface area contributed by atoms with E-state index in [0.717, 1.165) is 19.3 Å². The van der Waals surface area contributed by atoms with E-state index in [1.54, 1.807) is 7.11 Å². The molecule has 0 heterocycles. The second-order valence-corrected chi connectivity index (χ2v) is 4.88. The van der Waals surface area contributed by atoms with Gasteiger partial charge in [-0.15, -0.1) is 0 Å². The van der Waals surface area contributed by atoms with Crippen LogP contribution in [0.5, 0.6) is 0 Å². The van der Waals surface area contributed by atoms with Crippen LogP contribution in [0.4, 0.5) is 0 Å². The first-order valence-corrected chi connectivity index (χ1v) is 6.36. The molecule has 0 aromatic rings. The van der Waals surface area contributed by atoms with Gasteiger partial charge in [-0.3, -0.25) is 4.79 Å². The van der Waals surface area contributed by atoms with Crippen LogP contribution in [0.3, 0.4) is 0 Å². The lowest BCUT2D eigenvalue weighted by molar-refractivity contribution is -0.129. The smallest absolute Gasteiger partial charge is 0.234 e. The van der Waals surface area contributed by atoms with Crippen LogP contribution in [0.2, 0.25) is 0 Å². The van der Waals surface area contributed by atoms with Crippen molar-refractivity contribution in [2.75, 3.05) is 13.7 Å². The predicted octanol–water partition coefficient (Wildman–Crippen LogP) is 0.834. The topological polar surface area (TPSA) is 96.9 Å². The van der Waals surface area contributed by atoms with Crippen molar-refractivity contribution in [3.8, 4) is 0 Å². The fourth-order valence-corrected chi connectivity index (χ4v) is 2.34. The van der Waals surface area contributed by atoms with E-state index in [0.29, 0.717) is 19.4 Å². The van der Waals surface area contributed by atoms with Gasteiger partial charge in [-0.05, 0) is 19.8 Å². The van der Waals surface area contributed by atoms with Gasteiger partial charge in [0.15, 0.2) is 5.84 Å². The summed E-state index contributed by atoms with van der Waals surface area (Å²) >= 11 is 0. The summed E-state index contributed by atoms with van der Waals surface area (Å²) in [5.41, 5.74) is 4.88. The summed E-state index contributed by atoms with van der Waals surface area (Å²) in [5.74, 6) is -0.147. The quantitative estimate of drug-likeness (QED) is 0.294. The summed E-state index contributed by atoms with van der Waals surface area (Å²) in [5, 5.41) is 14.8. The van der Waals surface area contributed by atoms with Crippen LogP contribution in [0.25, 0.3) is 0 Å². The van der Waals surface area contributed by atoms with Gasteiger partial charge in [0.2, 0.25) is 5.91 Å². The molecule has 0 spiro atoms. The van der Waals surface area contributed by atoms with Gasteiger partial charge in [0.05, 0.1) is 6.10 Å². The van der Waals surface area contributed by atoms with Crippen molar-refractivity contribution in [1.82, 2.24) is 5.32 Å². The lowest BCUT2D eigenvalue weighted by Gasteiger charge is -2.34. The highest BCUT2D eigenvalue weighted by Crippen LogP contribution is 2.36. The SMILES string of the molecule is COC(C)CNC(=O)C1(C(N)=NO)CCCCC1. The van der Waals surface area contributed by atoms with Crippen LogP contribution < -0.4 is 11.1 Å². The molecule has 1 rings (SSSR count). The van der Waals surface area contributed by atoms with Crippen LogP contribution in [0.1, 0.15) is 39.0 Å². The van der Waals surface area contributed by atoms with E-state index in [1.165, 1.54) is 0 Å². The normalized spacial score (nSPS) is 21.3. The van der Waals surface area contributed by atoms with Crippen molar-refractivity contribution in [2.45, 2.75) is 45.1 Å². The minimum atomic E-state index is -0.847. The summed E-state index contributed by atoms with van der Waals surface area (Å²) in [6, 6.07) is 0. The van der Waals surface area contributed by atoms with Crippen molar-refractivity contribution in [2.24, 2.45) is 16.3 Å². The number of amidine groups is 1. The van der Waals surface area contributed by atoms with E-state index < -0.39 is 5.41 Å². The maximum absolute atomic E-state index is 12.3. The molecule has 0 aromatic heterocycles. The molecule has 0 radical (unpaired) electrons. The van der Waals surface area contributed by atoms with Crippen molar-refractivity contribution in [3.05, 3.63) is 0 Å². The van der Waals surface area contributed by atoms with Gasteiger partial charge in [-0.1, -0.05) is 24.4 Å². The molecule has 6 nitrogen and oxygen atoms in total. The van der Waals surface area contributed by atoms with Crippen LogP contribution >= 0.6 is 0 Å². The highest BCUT2D eigenvalue weighted by Gasteiger charge is 2.43. The lowest BCUT2D eigenvalue weighted by Crippen LogP contribution is -2.52. The number of rotatable bonds is 5. The number of hydrogen-bond acceptors (Lipinski definition) is 4. The maximum Gasteiger partial charge on any atom is 0.234 e. The second-order valence-electron chi connectivity index (χ2n) is 4.88. The Morgan fingerprint density at radius 2 is 2.11 bits per heavy atom. The van der Waals surface area contributed by atoms with E-state index in [9.17, 15) is 4.79 Å². The van der Waals surface area contributed by atoms with E-state index in [2.05, 4.69) is 10.5 Å². The van der Waals surface area contributed by atoms with Gasteiger partial charge in [-0.25, -0.2) is 0 Å². The predicted molar refractivity (Wildman–Crippen MR) is 68.4 cm³/mol. The number of ether oxygens (including phenoxy) is 1. The Balaban J connectivity index is 2.74.